The minimum Gasteiger partial charge on any atom is -0.266 e. The van der Waals surface area contributed by atoms with Crippen LogP contribution in [-0.4, -0.2) is 21.2 Å². The van der Waals surface area contributed by atoms with E-state index in [1.807, 2.05) is 30.5 Å². The van der Waals surface area contributed by atoms with Crippen molar-refractivity contribution in [3.63, 3.8) is 0 Å². The molecule has 0 fully saturated rings. The molecule has 6 heteroatoms. The van der Waals surface area contributed by atoms with Gasteiger partial charge in [0.05, 0.1) is 5.69 Å². The molecule has 22 heavy (non-hydrogen) atoms. The Morgan fingerprint density at radius 3 is 2.73 bits per heavy atom. The Bertz CT molecular complexity index is 806. The van der Waals surface area contributed by atoms with Crippen molar-refractivity contribution in [1.82, 2.24) is 0 Å². The molecule has 0 atom stereocenters. The van der Waals surface area contributed by atoms with Gasteiger partial charge in [0.1, 0.15) is 4.90 Å². The lowest BCUT2D eigenvalue weighted by atomic mass is 10.0. The van der Waals surface area contributed by atoms with Gasteiger partial charge in [-0.15, -0.1) is 11.8 Å². The molecule has 0 saturated heterocycles. The lowest BCUT2D eigenvalue weighted by molar-refractivity contribution is 0.584. The fraction of sp³-hybridized carbons (Fsp3) is 0.250. The smallest absolute Gasteiger partial charge is 0.265 e. The van der Waals surface area contributed by atoms with Crippen LogP contribution < -0.4 is 4.31 Å². The van der Waals surface area contributed by atoms with Gasteiger partial charge in [0, 0.05) is 16.5 Å². The highest BCUT2D eigenvalue weighted by Crippen LogP contribution is 2.35. The monoisotopic (exact) mass is 353 g/mol. The number of rotatable bonds is 3. The number of para-hydroxylation sites is 1. The van der Waals surface area contributed by atoms with E-state index in [1.54, 1.807) is 18.2 Å². The van der Waals surface area contributed by atoms with Crippen molar-refractivity contribution in [3.8, 4) is 0 Å². The summed E-state index contributed by atoms with van der Waals surface area (Å²) in [6.45, 7) is 0.500. The Kier molecular flexibility index (Phi) is 4.39. The predicted octanol–water partition coefficient (Wildman–Crippen LogP) is 4.20. The molecule has 3 nitrogen and oxygen atoms in total. The fourth-order valence-electron chi connectivity index (χ4n) is 2.72. The van der Waals surface area contributed by atoms with Crippen molar-refractivity contribution in [1.29, 1.82) is 0 Å². The molecule has 0 aromatic heterocycles. The van der Waals surface area contributed by atoms with Crippen molar-refractivity contribution >= 4 is 39.1 Å². The van der Waals surface area contributed by atoms with Gasteiger partial charge < -0.3 is 0 Å². The molecule has 3 rings (SSSR count). The number of hydrogen-bond donors (Lipinski definition) is 0. The molecule has 0 unspecified atom stereocenters. The first-order chi connectivity index (χ1) is 10.5. The molecule has 0 saturated carbocycles. The van der Waals surface area contributed by atoms with E-state index in [4.69, 9.17) is 11.6 Å². The first-order valence-electron chi connectivity index (χ1n) is 6.98. The molecule has 116 valence electrons. The number of aryl methyl sites for hydroxylation is 1. The van der Waals surface area contributed by atoms with Crippen LogP contribution in [0.5, 0.6) is 0 Å². The number of thioether (sulfide) groups is 1. The Balaban J connectivity index is 2.14. The molecule has 0 spiro atoms. The molecule has 0 aliphatic carbocycles. The van der Waals surface area contributed by atoms with Crippen LogP contribution in [0.3, 0.4) is 0 Å². The maximum atomic E-state index is 13.1. The number of anilines is 1. The summed E-state index contributed by atoms with van der Waals surface area (Å²) in [5, 5.41) is 0.432. The van der Waals surface area contributed by atoms with Crippen molar-refractivity contribution < 1.29 is 8.42 Å². The number of benzene rings is 2. The Morgan fingerprint density at radius 2 is 1.95 bits per heavy atom. The van der Waals surface area contributed by atoms with Gasteiger partial charge in [0.25, 0.3) is 10.0 Å². The van der Waals surface area contributed by atoms with Crippen LogP contribution in [0.1, 0.15) is 12.0 Å². The highest BCUT2D eigenvalue weighted by Gasteiger charge is 2.30. The largest absolute Gasteiger partial charge is 0.266 e. The molecule has 1 aliphatic rings. The lowest BCUT2D eigenvalue weighted by Gasteiger charge is -2.31. The topological polar surface area (TPSA) is 37.4 Å². The number of sulfonamides is 1. The van der Waals surface area contributed by atoms with Crippen LogP contribution in [0.15, 0.2) is 52.3 Å². The first-order valence-corrected chi connectivity index (χ1v) is 10.0. The van der Waals surface area contributed by atoms with E-state index >= 15 is 0 Å². The molecule has 0 radical (unpaired) electrons. The minimum atomic E-state index is -3.61. The number of halogens is 1. The van der Waals surface area contributed by atoms with Gasteiger partial charge >= 0.3 is 0 Å². The number of fused-ring (bicyclic) bond motifs is 1. The first kappa shape index (κ1) is 15.7. The average molecular weight is 354 g/mol. The van der Waals surface area contributed by atoms with E-state index in [1.165, 1.54) is 16.1 Å². The van der Waals surface area contributed by atoms with Gasteiger partial charge in [0.15, 0.2) is 0 Å². The van der Waals surface area contributed by atoms with E-state index in [0.29, 0.717) is 16.5 Å². The molecule has 0 N–H and O–H groups in total. The zero-order valence-corrected chi connectivity index (χ0v) is 14.5. The summed E-state index contributed by atoms with van der Waals surface area (Å²) in [6.07, 6.45) is 3.60. The van der Waals surface area contributed by atoms with E-state index in [2.05, 4.69) is 0 Å². The van der Waals surface area contributed by atoms with Gasteiger partial charge in [-0.25, -0.2) is 8.42 Å². The second-order valence-electron chi connectivity index (χ2n) is 5.10. The molecule has 0 bridgehead atoms. The summed E-state index contributed by atoms with van der Waals surface area (Å²) in [7, 11) is -3.61. The van der Waals surface area contributed by atoms with Crippen LogP contribution in [0.4, 0.5) is 5.69 Å². The summed E-state index contributed by atoms with van der Waals surface area (Å²) in [5.41, 5.74) is 1.85. The van der Waals surface area contributed by atoms with Gasteiger partial charge in [-0.3, -0.25) is 4.31 Å². The maximum absolute atomic E-state index is 13.1. The second-order valence-corrected chi connectivity index (χ2v) is 8.22. The Hall–Kier alpha value is -1.17. The van der Waals surface area contributed by atoms with E-state index in [-0.39, 0.29) is 4.90 Å². The predicted molar refractivity (Wildman–Crippen MR) is 92.5 cm³/mol. The fourth-order valence-corrected chi connectivity index (χ4v) is 5.63. The SMILES string of the molecule is CSc1ccc(Cl)cc1S(=O)(=O)N1CCCc2ccccc21. The Labute approximate surface area is 140 Å². The quantitative estimate of drug-likeness (QED) is 0.776. The van der Waals surface area contributed by atoms with Crippen molar-refractivity contribution in [2.24, 2.45) is 0 Å². The summed E-state index contributed by atoms with van der Waals surface area (Å²) in [5.74, 6) is 0. The molecule has 1 heterocycles. The van der Waals surface area contributed by atoms with E-state index in [9.17, 15) is 8.42 Å². The van der Waals surface area contributed by atoms with Gasteiger partial charge in [-0.2, -0.15) is 0 Å². The average Bonchev–Trinajstić information content (AvgIpc) is 2.54. The second kappa shape index (κ2) is 6.14. The minimum absolute atomic E-state index is 0.282. The normalized spacial score (nSPS) is 14.7. The highest BCUT2D eigenvalue weighted by molar-refractivity contribution is 7.99. The summed E-state index contributed by atoms with van der Waals surface area (Å²) in [4.78, 5) is 0.997. The molecular weight excluding hydrogens is 338 g/mol. The summed E-state index contributed by atoms with van der Waals surface area (Å²) in [6, 6.07) is 12.7. The third-order valence-electron chi connectivity index (χ3n) is 3.76. The summed E-state index contributed by atoms with van der Waals surface area (Å²) < 4.78 is 27.8. The van der Waals surface area contributed by atoms with E-state index in [0.717, 1.165) is 24.1 Å². The van der Waals surface area contributed by atoms with Crippen molar-refractivity contribution in [2.75, 3.05) is 17.1 Å². The molecule has 0 amide bonds. The highest BCUT2D eigenvalue weighted by atomic mass is 35.5. The standard InChI is InChI=1S/C16H16ClNO2S2/c1-21-15-9-8-13(17)11-16(15)22(19,20)18-10-4-6-12-5-2-3-7-14(12)18/h2-3,5,7-9,11H,4,6,10H2,1H3. The number of nitrogens with zero attached hydrogens (tertiary/aromatic N) is 1. The molecule has 1 aliphatic heterocycles. The van der Waals surface area contributed by atoms with Crippen LogP contribution in [0.2, 0.25) is 5.02 Å². The van der Waals surface area contributed by atoms with Crippen LogP contribution in [-0.2, 0) is 16.4 Å². The van der Waals surface area contributed by atoms with Gasteiger partial charge in [-0.05, 0) is 48.9 Å². The zero-order chi connectivity index (χ0) is 15.7. The van der Waals surface area contributed by atoms with Crippen LogP contribution in [0, 0.1) is 0 Å². The Morgan fingerprint density at radius 1 is 1.18 bits per heavy atom. The molecular formula is C16H16ClNO2S2. The van der Waals surface area contributed by atoms with Gasteiger partial charge in [0.2, 0.25) is 0 Å². The molecule has 2 aromatic carbocycles. The lowest BCUT2D eigenvalue weighted by Crippen LogP contribution is -2.35. The maximum Gasteiger partial charge on any atom is 0.265 e. The van der Waals surface area contributed by atoms with Crippen LogP contribution >= 0.6 is 23.4 Å². The molecule has 2 aromatic rings. The third kappa shape index (κ3) is 2.73. The number of hydrogen-bond acceptors (Lipinski definition) is 3. The van der Waals surface area contributed by atoms with Gasteiger partial charge in [-0.1, -0.05) is 29.8 Å². The third-order valence-corrected chi connectivity index (χ3v) is 6.77. The van der Waals surface area contributed by atoms with Crippen molar-refractivity contribution in [2.45, 2.75) is 22.6 Å². The zero-order valence-electron chi connectivity index (χ0n) is 12.1. The van der Waals surface area contributed by atoms with Crippen LogP contribution in [0.25, 0.3) is 0 Å². The van der Waals surface area contributed by atoms with E-state index < -0.39 is 10.0 Å². The van der Waals surface area contributed by atoms with Crippen molar-refractivity contribution in [3.05, 3.63) is 53.1 Å². The summed E-state index contributed by atoms with van der Waals surface area (Å²) >= 11 is 7.44.